The second-order valence-corrected chi connectivity index (χ2v) is 0.911. The van der Waals surface area contributed by atoms with Crippen LogP contribution in [0.5, 0.6) is 0 Å². The average molecular weight is 167 g/mol. The van der Waals surface area contributed by atoms with Gasteiger partial charge < -0.3 is 0 Å². The van der Waals surface area contributed by atoms with E-state index in [1.54, 1.807) is 0 Å². The third-order valence-electron chi connectivity index (χ3n) is 0. The van der Waals surface area contributed by atoms with Crippen molar-refractivity contribution in [3.8, 4) is 0 Å². The van der Waals surface area contributed by atoms with Crippen molar-refractivity contribution >= 4 is 16.2 Å². The first-order chi connectivity index (χ1) is 1.73. The van der Waals surface area contributed by atoms with Crippen LogP contribution in [0, 0.1) is 0 Å². The molecule has 5 heavy (non-hydrogen) atoms. The molecule has 0 unspecified atom stereocenters. The minimum absolute atomic E-state index is 0. The van der Waals surface area contributed by atoms with Gasteiger partial charge in [0.05, 0.1) is 0 Å². The fourth-order valence-electron chi connectivity index (χ4n) is 0. The molecule has 0 bridgehead atoms. The molecule has 0 heterocycles. The Kier molecular flexibility index (Phi) is 8.87. The second kappa shape index (κ2) is 4.79. The van der Waals surface area contributed by atoms with Crippen molar-refractivity contribution in [2.75, 3.05) is 0 Å². The van der Waals surface area contributed by atoms with Gasteiger partial charge in [0.1, 0.15) is 0 Å². The quantitative estimate of drug-likeness (QED) is 0.447. The Labute approximate surface area is 57.0 Å². The van der Waals surface area contributed by atoms with E-state index in [1.807, 2.05) is 0 Å². The summed E-state index contributed by atoms with van der Waals surface area (Å²) in [5.74, 6) is 2.56. The molecule has 1 radical (unpaired) electrons. The fraction of sp³-hybridized carbons (Fsp3) is 0. The molecule has 0 rings (SSSR count). The normalized spacial score (nSPS) is 4.80. The molecular formula is CH2O2SY. The van der Waals surface area contributed by atoms with E-state index >= 15 is 0 Å². The summed E-state index contributed by atoms with van der Waals surface area (Å²) >= 11 is 0. The maximum absolute atomic E-state index is 8.89. The molecule has 0 saturated heterocycles. The van der Waals surface area contributed by atoms with Gasteiger partial charge in [0.2, 0.25) is 10.3 Å². The monoisotopic (exact) mass is 167 g/mol. The van der Waals surface area contributed by atoms with Crippen LogP contribution in [0.1, 0.15) is 0 Å². The van der Waals surface area contributed by atoms with E-state index in [1.165, 1.54) is 0 Å². The fourth-order valence-corrected chi connectivity index (χ4v) is 0. The molecule has 0 aromatic heterocycles. The molecule has 0 fully saturated rings. The zero-order valence-corrected chi connectivity index (χ0v) is 6.16. The van der Waals surface area contributed by atoms with Crippen LogP contribution in [-0.2, 0) is 43.0 Å². The molecular weight excluding hydrogens is 165 g/mol. The SMILES string of the molecule is C=S(=O)=O.[Y]. The van der Waals surface area contributed by atoms with Gasteiger partial charge in [-0.3, -0.25) is 0 Å². The summed E-state index contributed by atoms with van der Waals surface area (Å²) in [6.45, 7) is 0. The molecule has 0 N–H and O–H groups in total. The minimum atomic E-state index is -2.11. The summed E-state index contributed by atoms with van der Waals surface area (Å²) in [4.78, 5) is 0. The molecule has 0 spiro atoms. The predicted octanol–water partition coefficient (Wildman–Crippen LogP) is -0.705. The molecule has 4 heteroatoms. The Balaban J connectivity index is 0. The van der Waals surface area contributed by atoms with E-state index in [-0.39, 0.29) is 32.7 Å². The Hall–Kier alpha value is 0.794. The summed E-state index contributed by atoms with van der Waals surface area (Å²) in [7, 11) is -2.11. The van der Waals surface area contributed by atoms with Crippen LogP contribution in [0.3, 0.4) is 0 Å². The van der Waals surface area contributed by atoms with E-state index in [2.05, 4.69) is 5.87 Å². The first-order valence-corrected chi connectivity index (χ1v) is 1.87. The minimum Gasteiger partial charge on any atom is -0.185 e. The summed E-state index contributed by atoms with van der Waals surface area (Å²) in [6, 6.07) is 0. The zero-order chi connectivity index (χ0) is 3.58. The average Bonchev–Trinajstić information content (AvgIpc) is 0.811. The van der Waals surface area contributed by atoms with Crippen LogP contribution >= 0.6 is 0 Å². The van der Waals surface area contributed by atoms with Gasteiger partial charge in [0.25, 0.3) is 0 Å². The van der Waals surface area contributed by atoms with Crippen LogP contribution < -0.4 is 0 Å². The molecule has 0 aromatic carbocycles. The summed E-state index contributed by atoms with van der Waals surface area (Å²) in [5, 5.41) is 0. The molecule has 0 aliphatic heterocycles. The van der Waals surface area contributed by atoms with E-state index < -0.39 is 10.3 Å². The smallest absolute Gasteiger partial charge is 0.185 e. The Morgan fingerprint density at radius 1 is 1.40 bits per heavy atom. The van der Waals surface area contributed by atoms with Gasteiger partial charge in [0, 0.05) is 38.6 Å². The van der Waals surface area contributed by atoms with Crippen molar-refractivity contribution in [1.29, 1.82) is 0 Å². The molecule has 0 amide bonds. The summed E-state index contributed by atoms with van der Waals surface area (Å²) < 4.78 is 17.8. The van der Waals surface area contributed by atoms with Crippen LogP contribution in [0.25, 0.3) is 0 Å². The van der Waals surface area contributed by atoms with E-state index in [4.69, 9.17) is 8.42 Å². The van der Waals surface area contributed by atoms with Gasteiger partial charge in [-0.15, -0.1) is 0 Å². The van der Waals surface area contributed by atoms with Crippen LogP contribution in [0.4, 0.5) is 0 Å². The number of rotatable bonds is 0. The Morgan fingerprint density at radius 2 is 1.40 bits per heavy atom. The van der Waals surface area contributed by atoms with E-state index in [0.717, 1.165) is 0 Å². The van der Waals surface area contributed by atoms with Crippen molar-refractivity contribution in [3.05, 3.63) is 0 Å². The van der Waals surface area contributed by atoms with Crippen LogP contribution in [0.15, 0.2) is 0 Å². The van der Waals surface area contributed by atoms with Crippen molar-refractivity contribution in [3.63, 3.8) is 0 Å². The van der Waals surface area contributed by atoms with Gasteiger partial charge in [-0.25, -0.2) is 0 Å². The van der Waals surface area contributed by atoms with Crippen LogP contribution in [-0.4, -0.2) is 14.3 Å². The largest absolute Gasteiger partial charge is 0.206 e. The maximum atomic E-state index is 8.89. The number of hydrogen-bond acceptors (Lipinski definition) is 2. The second-order valence-electron chi connectivity index (χ2n) is 0.304. The van der Waals surface area contributed by atoms with Crippen molar-refractivity contribution in [2.24, 2.45) is 0 Å². The van der Waals surface area contributed by atoms with Crippen LogP contribution in [0.2, 0.25) is 0 Å². The van der Waals surface area contributed by atoms with E-state index in [0.29, 0.717) is 0 Å². The van der Waals surface area contributed by atoms with Crippen molar-refractivity contribution in [1.82, 2.24) is 0 Å². The first kappa shape index (κ1) is 9.25. The Bertz CT molecular complexity index is 79.0. The van der Waals surface area contributed by atoms with Crippen molar-refractivity contribution < 1.29 is 41.1 Å². The van der Waals surface area contributed by atoms with Gasteiger partial charge in [0.15, 0.2) is 0 Å². The number of hydrogen-bond donors (Lipinski definition) is 0. The van der Waals surface area contributed by atoms with Crippen molar-refractivity contribution in [2.45, 2.75) is 0 Å². The maximum Gasteiger partial charge on any atom is 0.206 e. The molecule has 0 atom stereocenters. The van der Waals surface area contributed by atoms with Gasteiger partial charge in [-0.1, -0.05) is 0 Å². The third kappa shape index (κ3) is 59.4. The zero-order valence-electron chi connectivity index (χ0n) is 2.51. The molecule has 0 aromatic rings. The molecule has 2 nitrogen and oxygen atoms in total. The molecule has 0 saturated carbocycles. The molecule has 0 aliphatic carbocycles. The molecule has 27 valence electrons. The summed E-state index contributed by atoms with van der Waals surface area (Å²) in [6.07, 6.45) is 0. The topological polar surface area (TPSA) is 34.1 Å². The van der Waals surface area contributed by atoms with Gasteiger partial charge in [-0.2, -0.15) is 8.42 Å². The first-order valence-electron chi connectivity index (χ1n) is 0.622. The predicted molar refractivity (Wildman–Crippen MR) is 16.0 cm³/mol. The summed E-state index contributed by atoms with van der Waals surface area (Å²) in [5.41, 5.74) is 0. The van der Waals surface area contributed by atoms with Gasteiger partial charge >= 0.3 is 0 Å². The third-order valence-corrected chi connectivity index (χ3v) is 0. The van der Waals surface area contributed by atoms with E-state index in [9.17, 15) is 0 Å². The standard InChI is InChI=1S/CH2O2S.Y/c1-4(2)3;/h1H2;. The van der Waals surface area contributed by atoms with Gasteiger partial charge in [-0.05, 0) is 0 Å². The Morgan fingerprint density at radius 3 is 1.40 bits per heavy atom. The molecule has 0 aliphatic rings.